The van der Waals surface area contributed by atoms with Gasteiger partial charge in [0, 0.05) is 36.6 Å². The lowest BCUT2D eigenvalue weighted by Gasteiger charge is -2.26. The Balaban J connectivity index is 1.78. The minimum atomic E-state index is 0.750. The molecule has 1 fully saturated rings. The Hall–Kier alpha value is -2.44. The van der Waals surface area contributed by atoms with E-state index in [0.29, 0.717) is 0 Å². The van der Waals surface area contributed by atoms with E-state index in [1.54, 1.807) is 24.6 Å². The molecule has 3 aromatic rings. The molecule has 3 heterocycles. The fourth-order valence-electron chi connectivity index (χ4n) is 2.84. The lowest BCUT2D eigenvalue weighted by Crippen LogP contribution is -2.36. The fourth-order valence-corrected chi connectivity index (χ4v) is 3.97. The molecule has 6 heteroatoms. The van der Waals surface area contributed by atoms with E-state index in [-0.39, 0.29) is 0 Å². The molecule has 1 aliphatic heterocycles. The number of pyridine rings is 1. The zero-order chi connectivity index (χ0) is 17.1. The predicted molar refractivity (Wildman–Crippen MR) is 100 cm³/mol. The van der Waals surface area contributed by atoms with E-state index in [1.165, 1.54) is 0 Å². The van der Waals surface area contributed by atoms with Gasteiger partial charge in [-0.3, -0.25) is 4.98 Å². The van der Waals surface area contributed by atoms with E-state index in [4.69, 9.17) is 14.5 Å². The molecule has 5 nitrogen and oxygen atoms in total. The number of thiazole rings is 1. The van der Waals surface area contributed by atoms with E-state index >= 15 is 0 Å². The molecular weight excluding hydrogens is 334 g/mol. The summed E-state index contributed by atoms with van der Waals surface area (Å²) in [5.74, 6) is 0.843. The molecule has 1 saturated heterocycles. The van der Waals surface area contributed by atoms with Crippen LogP contribution >= 0.6 is 11.3 Å². The predicted octanol–water partition coefficient (Wildman–Crippen LogP) is 3.72. The zero-order valence-corrected chi connectivity index (χ0v) is 14.8. The van der Waals surface area contributed by atoms with E-state index in [1.807, 2.05) is 24.4 Å². The van der Waals surface area contributed by atoms with Crippen LogP contribution in [0.25, 0.3) is 21.7 Å². The van der Waals surface area contributed by atoms with Gasteiger partial charge in [-0.2, -0.15) is 0 Å². The SMILES string of the molecule is COc1ccc(-c2nc(N3CCOCC3)sc2-c2cccnc2)cc1. The maximum absolute atomic E-state index is 5.46. The number of hydrogen-bond acceptors (Lipinski definition) is 6. The van der Waals surface area contributed by atoms with Crippen LogP contribution < -0.4 is 9.64 Å². The summed E-state index contributed by atoms with van der Waals surface area (Å²) in [5, 5.41) is 1.04. The van der Waals surface area contributed by atoms with Crippen molar-refractivity contribution in [2.24, 2.45) is 0 Å². The smallest absolute Gasteiger partial charge is 0.186 e. The second-order valence-electron chi connectivity index (χ2n) is 5.74. The molecule has 0 saturated carbocycles. The summed E-state index contributed by atoms with van der Waals surface area (Å²) >= 11 is 1.71. The van der Waals surface area contributed by atoms with Gasteiger partial charge in [-0.25, -0.2) is 4.98 Å². The molecule has 128 valence electrons. The quantitative estimate of drug-likeness (QED) is 0.715. The first kappa shape index (κ1) is 16.1. The van der Waals surface area contributed by atoms with Crippen molar-refractivity contribution in [2.75, 3.05) is 38.3 Å². The van der Waals surface area contributed by atoms with Crippen LogP contribution in [0, 0.1) is 0 Å². The fraction of sp³-hybridized carbons (Fsp3) is 0.263. The Bertz CT molecular complexity index is 828. The third kappa shape index (κ3) is 3.36. The average Bonchev–Trinajstić information content (AvgIpc) is 3.15. The summed E-state index contributed by atoms with van der Waals surface area (Å²) in [6.45, 7) is 3.25. The van der Waals surface area contributed by atoms with Crippen molar-refractivity contribution in [2.45, 2.75) is 0 Å². The van der Waals surface area contributed by atoms with Crippen LogP contribution in [0.3, 0.4) is 0 Å². The van der Waals surface area contributed by atoms with Gasteiger partial charge in [-0.1, -0.05) is 17.4 Å². The van der Waals surface area contributed by atoms with E-state index in [9.17, 15) is 0 Å². The highest BCUT2D eigenvalue weighted by Gasteiger charge is 2.20. The second kappa shape index (κ2) is 7.21. The van der Waals surface area contributed by atoms with Crippen LogP contribution in [0.4, 0.5) is 5.13 Å². The second-order valence-corrected chi connectivity index (χ2v) is 6.72. The molecule has 1 aromatic carbocycles. The van der Waals surface area contributed by atoms with Gasteiger partial charge in [-0.15, -0.1) is 0 Å². The number of nitrogens with zero attached hydrogens (tertiary/aromatic N) is 3. The Morgan fingerprint density at radius 1 is 1.08 bits per heavy atom. The first-order chi connectivity index (χ1) is 12.3. The molecule has 0 spiro atoms. The summed E-state index contributed by atoms with van der Waals surface area (Å²) < 4.78 is 10.7. The van der Waals surface area contributed by atoms with E-state index in [0.717, 1.165) is 58.9 Å². The van der Waals surface area contributed by atoms with Crippen molar-refractivity contribution in [3.8, 4) is 27.4 Å². The van der Waals surface area contributed by atoms with Crippen LogP contribution in [-0.2, 0) is 4.74 Å². The topological polar surface area (TPSA) is 47.5 Å². The summed E-state index contributed by atoms with van der Waals surface area (Å²) in [6, 6.07) is 12.1. The van der Waals surface area contributed by atoms with Crippen LogP contribution in [0.2, 0.25) is 0 Å². The standard InChI is InChI=1S/C19H19N3O2S/c1-23-16-6-4-14(5-7-16)17-18(15-3-2-8-20-13-15)25-19(21-17)22-9-11-24-12-10-22/h2-8,13H,9-12H2,1H3. The van der Waals surface area contributed by atoms with Gasteiger partial charge in [0.15, 0.2) is 5.13 Å². The molecule has 0 amide bonds. The molecule has 0 aliphatic carbocycles. The molecule has 1 aliphatic rings. The average molecular weight is 353 g/mol. The first-order valence-electron chi connectivity index (χ1n) is 8.23. The highest BCUT2D eigenvalue weighted by molar-refractivity contribution is 7.19. The number of methoxy groups -OCH3 is 1. The van der Waals surface area contributed by atoms with Gasteiger partial charge >= 0.3 is 0 Å². The van der Waals surface area contributed by atoms with E-state index < -0.39 is 0 Å². The molecule has 0 radical (unpaired) electrons. The van der Waals surface area contributed by atoms with Crippen molar-refractivity contribution in [3.63, 3.8) is 0 Å². The number of benzene rings is 1. The maximum Gasteiger partial charge on any atom is 0.186 e. The van der Waals surface area contributed by atoms with Crippen LogP contribution in [0.5, 0.6) is 5.75 Å². The van der Waals surface area contributed by atoms with Gasteiger partial charge in [-0.05, 0) is 30.3 Å². The number of aromatic nitrogens is 2. The molecule has 0 bridgehead atoms. The molecular formula is C19H19N3O2S. The van der Waals surface area contributed by atoms with Gasteiger partial charge in [0.05, 0.1) is 30.9 Å². The van der Waals surface area contributed by atoms with Crippen LogP contribution in [-0.4, -0.2) is 43.4 Å². The van der Waals surface area contributed by atoms with Crippen molar-refractivity contribution in [1.82, 2.24) is 9.97 Å². The normalized spacial score (nSPS) is 14.5. The first-order valence-corrected chi connectivity index (χ1v) is 9.05. The Morgan fingerprint density at radius 3 is 2.56 bits per heavy atom. The number of rotatable bonds is 4. The van der Waals surface area contributed by atoms with Crippen molar-refractivity contribution >= 4 is 16.5 Å². The molecule has 0 N–H and O–H groups in total. The summed E-state index contributed by atoms with van der Waals surface area (Å²) in [4.78, 5) is 12.7. The summed E-state index contributed by atoms with van der Waals surface area (Å²) in [7, 11) is 1.68. The van der Waals surface area contributed by atoms with Gasteiger partial charge in [0.25, 0.3) is 0 Å². The zero-order valence-electron chi connectivity index (χ0n) is 14.0. The van der Waals surface area contributed by atoms with Crippen LogP contribution in [0.15, 0.2) is 48.8 Å². The van der Waals surface area contributed by atoms with Gasteiger partial charge in [0.2, 0.25) is 0 Å². The Kier molecular flexibility index (Phi) is 4.63. The molecule has 4 rings (SSSR count). The van der Waals surface area contributed by atoms with Crippen molar-refractivity contribution in [3.05, 3.63) is 48.8 Å². The van der Waals surface area contributed by atoms with Crippen molar-refractivity contribution < 1.29 is 9.47 Å². The number of morpholine rings is 1. The number of hydrogen-bond donors (Lipinski definition) is 0. The summed E-state index contributed by atoms with van der Waals surface area (Å²) in [6.07, 6.45) is 3.68. The van der Waals surface area contributed by atoms with Crippen LogP contribution in [0.1, 0.15) is 0 Å². The van der Waals surface area contributed by atoms with E-state index in [2.05, 4.69) is 28.1 Å². The highest BCUT2D eigenvalue weighted by Crippen LogP contribution is 2.40. The Morgan fingerprint density at radius 2 is 1.88 bits per heavy atom. The Labute approximate surface area is 150 Å². The minimum Gasteiger partial charge on any atom is -0.497 e. The number of ether oxygens (including phenoxy) is 2. The van der Waals surface area contributed by atoms with Gasteiger partial charge < -0.3 is 14.4 Å². The molecule has 0 unspecified atom stereocenters. The molecule has 0 atom stereocenters. The maximum atomic E-state index is 5.46. The molecule has 25 heavy (non-hydrogen) atoms. The largest absolute Gasteiger partial charge is 0.497 e. The molecule has 2 aromatic heterocycles. The monoisotopic (exact) mass is 353 g/mol. The third-order valence-corrected chi connectivity index (χ3v) is 5.35. The van der Waals surface area contributed by atoms with Crippen molar-refractivity contribution in [1.29, 1.82) is 0 Å². The number of anilines is 1. The summed E-state index contributed by atoms with van der Waals surface area (Å²) in [5.41, 5.74) is 3.16. The lowest BCUT2D eigenvalue weighted by molar-refractivity contribution is 0.122. The van der Waals surface area contributed by atoms with Gasteiger partial charge in [0.1, 0.15) is 5.75 Å². The highest BCUT2D eigenvalue weighted by atomic mass is 32.1. The lowest BCUT2D eigenvalue weighted by atomic mass is 10.1. The minimum absolute atomic E-state index is 0.750. The third-order valence-electron chi connectivity index (χ3n) is 4.18.